The van der Waals surface area contributed by atoms with Crippen molar-refractivity contribution in [3.8, 4) is 28.6 Å². The number of aliphatic hydroxyl groups excluding tert-OH is 10. The molecule has 0 radical (unpaired) electrons. The van der Waals surface area contributed by atoms with Crippen LogP contribution in [0.25, 0.3) is 22.3 Å². The lowest BCUT2D eigenvalue weighted by Crippen LogP contribution is -2.60. The second-order valence-corrected chi connectivity index (χ2v) is 12.5. The van der Waals surface area contributed by atoms with Gasteiger partial charge < -0.3 is 89.4 Å². The van der Waals surface area contributed by atoms with Gasteiger partial charge in [-0.05, 0) is 24.3 Å². The van der Waals surface area contributed by atoms with Gasteiger partial charge in [0.05, 0.1) is 25.4 Å². The van der Waals surface area contributed by atoms with Gasteiger partial charge >= 0.3 is 0 Å². The minimum Gasteiger partial charge on any atom is -0.507 e. The maximum Gasteiger partial charge on any atom is 0.229 e. The van der Waals surface area contributed by atoms with Crippen LogP contribution in [0, 0.1) is 0 Å². The molecule has 0 amide bonds. The van der Waals surface area contributed by atoms with E-state index in [4.69, 9.17) is 28.1 Å². The third-order valence-electron chi connectivity index (χ3n) is 9.15. The molecule has 0 saturated carbocycles. The standard InChI is InChI=1S/C32H38O19/c33-7-17-23(40)26(43)30(51-31-27(44)21(38)14(37)9-46-31)29(49-17)20-13(36)6-16-19(24(20)41)12(35)5-15(48-16)10-1-3-11(4-2-10)47-32-28(45)25(42)22(39)18(8-34)50-32/h1-6,14,17-18,21-23,25-34,36-45H,7-9H2/t14-,17+,18+,21-,22+,23+,25-,26-,27+,28+,29-,30+,31-,32+/m1/s1. The van der Waals surface area contributed by atoms with Crippen molar-refractivity contribution in [1.29, 1.82) is 0 Å². The van der Waals surface area contributed by atoms with Crippen molar-refractivity contribution in [2.24, 2.45) is 0 Å². The SMILES string of the molecule is O=c1cc(-c2ccc(O[C@H]3O[C@@H](CO)[C@H](O)[C@@H](O)[C@@H]3O)cc2)oc2cc(O)c([C@H]3O[C@@H](CO)[C@H](O)[C@@H](O)[C@@H]3O[C@H]3OC[C@@H](O)[C@@H](O)[C@@H]3O)c(O)c12. The van der Waals surface area contributed by atoms with E-state index in [0.29, 0.717) is 5.56 Å². The predicted molar refractivity (Wildman–Crippen MR) is 165 cm³/mol. The van der Waals surface area contributed by atoms with Gasteiger partial charge in [-0.25, -0.2) is 0 Å². The summed E-state index contributed by atoms with van der Waals surface area (Å²) in [7, 11) is 0. The summed E-state index contributed by atoms with van der Waals surface area (Å²) in [4.78, 5) is 13.4. The number of fused-ring (bicyclic) bond motifs is 1. The van der Waals surface area contributed by atoms with Crippen molar-refractivity contribution >= 4 is 11.0 Å². The molecule has 6 rings (SSSR count). The number of ether oxygens (including phenoxy) is 5. The van der Waals surface area contributed by atoms with Crippen LogP contribution in [0.1, 0.15) is 11.7 Å². The predicted octanol–water partition coefficient (Wildman–Crippen LogP) is -3.97. The van der Waals surface area contributed by atoms with E-state index >= 15 is 0 Å². The topological polar surface area (TPSA) is 319 Å². The zero-order valence-electron chi connectivity index (χ0n) is 26.4. The first-order chi connectivity index (χ1) is 24.2. The fourth-order valence-electron chi connectivity index (χ4n) is 6.25. The van der Waals surface area contributed by atoms with Crippen LogP contribution in [0.2, 0.25) is 0 Å². The number of benzene rings is 2. The molecule has 1 aromatic heterocycles. The Kier molecular flexibility index (Phi) is 10.8. The van der Waals surface area contributed by atoms with E-state index in [1.807, 2.05) is 0 Å². The van der Waals surface area contributed by atoms with Crippen LogP contribution in [-0.4, -0.2) is 161 Å². The van der Waals surface area contributed by atoms with Gasteiger partial charge in [-0.3, -0.25) is 4.79 Å². The Labute approximate surface area is 286 Å². The summed E-state index contributed by atoms with van der Waals surface area (Å²) >= 11 is 0. The second kappa shape index (κ2) is 14.8. The number of aromatic hydroxyl groups is 2. The zero-order valence-corrected chi connectivity index (χ0v) is 26.4. The Hall–Kier alpha value is -3.51. The van der Waals surface area contributed by atoms with Crippen LogP contribution in [-0.2, 0) is 18.9 Å². The van der Waals surface area contributed by atoms with E-state index in [0.717, 1.165) is 12.1 Å². The number of hydrogen-bond acceptors (Lipinski definition) is 19. The van der Waals surface area contributed by atoms with Crippen molar-refractivity contribution in [3.63, 3.8) is 0 Å². The summed E-state index contributed by atoms with van der Waals surface area (Å²) in [5.41, 5.74) is -1.31. The molecule has 0 aliphatic carbocycles. The van der Waals surface area contributed by atoms with Crippen LogP contribution < -0.4 is 10.2 Å². The van der Waals surface area contributed by atoms with Crippen LogP contribution >= 0.6 is 0 Å². The van der Waals surface area contributed by atoms with Crippen molar-refractivity contribution in [1.82, 2.24) is 0 Å². The zero-order chi connectivity index (χ0) is 36.9. The van der Waals surface area contributed by atoms with Crippen LogP contribution in [0.3, 0.4) is 0 Å². The van der Waals surface area contributed by atoms with Crippen molar-refractivity contribution in [2.75, 3.05) is 19.8 Å². The Morgan fingerprint density at radius 3 is 2.02 bits per heavy atom. The van der Waals surface area contributed by atoms with E-state index in [9.17, 15) is 66.1 Å². The third-order valence-corrected chi connectivity index (χ3v) is 9.15. The Balaban J connectivity index is 1.29. The third kappa shape index (κ3) is 6.90. The molecular formula is C32H38O19. The van der Waals surface area contributed by atoms with Gasteiger partial charge in [0, 0.05) is 17.7 Å². The Morgan fingerprint density at radius 2 is 1.35 bits per heavy atom. The molecule has 3 aromatic rings. The van der Waals surface area contributed by atoms with Crippen molar-refractivity contribution in [2.45, 2.75) is 85.8 Å². The normalized spacial score (nSPS) is 37.4. The van der Waals surface area contributed by atoms with E-state index in [-0.39, 0.29) is 17.1 Å². The van der Waals surface area contributed by atoms with Gasteiger partial charge in [-0.1, -0.05) is 0 Å². The number of hydrogen-bond donors (Lipinski definition) is 12. The van der Waals surface area contributed by atoms with Crippen molar-refractivity contribution < 1.29 is 89.4 Å². The first-order valence-corrected chi connectivity index (χ1v) is 15.8. The molecule has 3 fully saturated rings. The first-order valence-electron chi connectivity index (χ1n) is 15.8. The second-order valence-electron chi connectivity index (χ2n) is 12.5. The molecule has 0 bridgehead atoms. The van der Waals surface area contributed by atoms with Gasteiger partial charge in [0.15, 0.2) is 11.7 Å². The Bertz CT molecular complexity index is 1730. The molecule has 3 aliphatic heterocycles. The van der Waals surface area contributed by atoms with E-state index in [2.05, 4.69) is 0 Å². The van der Waals surface area contributed by atoms with Gasteiger partial charge in [0.1, 0.15) is 107 Å². The fourth-order valence-corrected chi connectivity index (χ4v) is 6.25. The van der Waals surface area contributed by atoms with Crippen molar-refractivity contribution in [3.05, 3.63) is 52.2 Å². The van der Waals surface area contributed by atoms with E-state index < -0.39 is 134 Å². The molecular weight excluding hydrogens is 688 g/mol. The molecule has 280 valence electrons. The lowest BCUT2D eigenvalue weighted by molar-refractivity contribution is -0.325. The number of rotatable bonds is 8. The van der Waals surface area contributed by atoms with Gasteiger partial charge in [0.2, 0.25) is 6.29 Å². The molecule has 3 aliphatic rings. The summed E-state index contributed by atoms with van der Waals surface area (Å²) < 4.78 is 33.4. The summed E-state index contributed by atoms with van der Waals surface area (Å²) in [6.45, 7) is -1.96. The number of phenols is 2. The molecule has 0 unspecified atom stereocenters. The lowest BCUT2D eigenvalue weighted by Gasteiger charge is -2.45. The quantitative estimate of drug-likeness (QED) is 0.105. The van der Waals surface area contributed by atoms with Gasteiger partial charge in [-0.15, -0.1) is 0 Å². The smallest absolute Gasteiger partial charge is 0.229 e. The summed E-state index contributed by atoms with van der Waals surface area (Å²) in [5, 5.41) is 123. The van der Waals surface area contributed by atoms with Crippen LogP contribution in [0.4, 0.5) is 0 Å². The molecule has 51 heavy (non-hydrogen) atoms. The van der Waals surface area contributed by atoms with E-state index in [1.165, 1.54) is 24.3 Å². The highest BCUT2D eigenvalue weighted by molar-refractivity contribution is 5.88. The first kappa shape index (κ1) is 37.3. The minimum atomic E-state index is -1.90. The molecule has 3 saturated heterocycles. The largest absolute Gasteiger partial charge is 0.507 e. The molecule has 19 heteroatoms. The maximum atomic E-state index is 13.4. The average molecular weight is 727 g/mol. The van der Waals surface area contributed by atoms with Gasteiger partial charge in [0.25, 0.3) is 0 Å². The van der Waals surface area contributed by atoms with E-state index in [1.54, 1.807) is 0 Å². The molecule has 0 spiro atoms. The number of aliphatic hydroxyl groups is 10. The van der Waals surface area contributed by atoms with Gasteiger partial charge in [-0.2, -0.15) is 0 Å². The minimum absolute atomic E-state index is 0.0309. The molecule has 19 nitrogen and oxygen atoms in total. The Morgan fingerprint density at radius 1 is 0.725 bits per heavy atom. The molecule has 4 heterocycles. The van der Waals surface area contributed by atoms with Crippen LogP contribution in [0.15, 0.2) is 45.6 Å². The molecule has 2 aromatic carbocycles. The highest BCUT2D eigenvalue weighted by atomic mass is 16.7. The molecule has 14 atom stereocenters. The van der Waals surface area contributed by atoms with Crippen LogP contribution in [0.5, 0.6) is 17.2 Å². The average Bonchev–Trinajstić information content (AvgIpc) is 3.11. The molecule has 12 N–H and O–H groups in total. The highest BCUT2D eigenvalue weighted by Gasteiger charge is 2.51. The summed E-state index contributed by atoms with van der Waals surface area (Å²) in [6, 6.07) is 7.72. The monoisotopic (exact) mass is 726 g/mol. The maximum absolute atomic E-state index is 13.4. The summed E-state index contributed by atoms with van der Waals surface area (Å²) in [6.07, 6.45) is -22.9. The fraction of sp³-hybridized carbons (Fsp3) is 0.531. The number of phenolic OH excluding ortho intramolecular Hbond substituents is 2. The summed E-state index contributed by atoms with van der Waals surface area (Å²) in [5.74, 6) is -1.51. The highest BCUT2D eigenvalue weighted by Crippen LogP contribution is 2.46. The lowest BCUT2D eigenvalue weighted by atomic mass is 9.89.